The lowest BCUT2D eigenvalue weighted by Crippen LogP contribution is -2.25. The Bertz CT molecular complexity index is 1240. The number of para-hydroxylation sites is 3. The van der Waals surface area contributed by atoms with Gasteiger partial charge in [-0.3, -0.25) is 4.79 Å². The van der Waals surface area contributed by atoms with E-state index in [2.05, 4.69) is 48.0 Å². The van der Waals surface area contributed by atoms with Crippen LogP contribution >= 0.6 is 0 Å². The maximum Gasteiger partial charge on any atom is 0.255 e. The predicted octanol–water partition coefficient (Wildman–Crippen LogP) is 5.06. The first-order valence-electron chi connectivity index (χ1n) is 11.1. The molecule has 3 aromatic carbocycles. The number of nitrogens with one attached hydrogen (secondary N) is 1. The van der Waals surface area contributed by atoms with E-state index in [-0.39, 0.29) is 5.91 Å². The van der Waals surface area contributed by atoms with Gasteiger partial charge >= 0.3 is 0 Å². The normalized spacial score (nSPS) is 10.9. The number of aromatic nitrogens is 2. The Morgan fingerprint density at radius 1 is 1.00 bits per heavy atom. The van der Waals surface area contributed by atoms with Crippen LogP contribution in [0.2, 0.25) is 0 Å². The molecule has 170 valence electrons. The van der Waals surface area contributed by atoms with Gasteiger partial charge in [0.25, 0.3) is 5.91 Å². The molecule has 0 saturated heterocycles. The van der Waals surface area contributed by atoms with E-state index < -0.39 is 0 Å². The molecule has 0 radical (unpaired) electrons. The van der Waals surface area contributed by atoms with Gasteiger partial charge in [0, 0.05) is 6.54 Å². The molecule has 0 atom stereocenters. The number of carbonyl (C=O) groups excluding carboxylic acids is 1. The molecule has 0 fully saturated rings. The van der Waals surface area contributed by atoms with E-state index in [0.717, 1.165) is 35.6 Å². The Kier molecular flexibility index (Phi) is 6.93. The van der Waals surface area contributed by atoms with Crippen LogP contribution in [0, 0.1) is 13.8 Å². The van der Waals surface area contributed by atoms with Crippen molar-refractivity contribution >= 4 is 16.9 Å². The van der Waals surface area contributed by atoms with Gasteiger partial charge in [-0.05, 0) is 67.8 Å². The van der Waals surface area contributed by atoms with Gasteiger partial charge in [0.1, 0.15) is 17.3 Å². The number of aryl methyl sites for hydroxylation is 3. The zero-order chi connectivity index (χ0) is 23.2. The van der Waals surface area contributed by atoms with E-state index in [1.165, 1.54) is 11.1 Å². The number of rotatable bonds is 9. The van der Waals surface area contributed by atoms with Crippen LogP contribution in [0.15, 0.2) is 66.7 Å². The van der Waals surface area contributed by atoms with Gasteiger partial charge in [0.15, 0.2) is 0 Å². The first-order valence-corrected chi connectivity index (χ1v) is 11.1. The molecule has 6 heteroatoms. The number of fused-ring (bicyclic) bond motifs is 1. The smallest absolute Gasteiger partial charge is 0.255 e. The van der Waals surface area contributed by atoms with Crippen LogP contribution in [0.1, 0.15) is 33.7 Å². The molecule has 1 N–H and O–H groups in total. The Labute approximate surface area is 194 Å². The maximum atomic E-state index is 12.7. The molecular formula is C27H29N3O3. The molecule has 0 aliphatic carbocycles. The van der Waals surface area contributed by atoms with E-state index in [0.29, 0.717) is 24.5 Å². The van der Waals surface area contributed by atoms with Crippen molar-refractivity contribution in [2.45, 2.75) is 33.4 Å². The van der Waals surface area contributed by atoms with Crippen molar-refractivity contribution in [3.63, 3.8) is 0 Å². The zero-order valence-corrected chi connectivity index (χ0v) is 19.3. The number of benzene rings is 3. The third-order valence-corrected chi connectivity index (χ3v) is 5.48. The molecule has 0 unspecified atom stereocenters. The minimum absolute atomic E-state index is 0.191. The van der Waals surface area contributed by atoms with Crippen molar-refractivity contribution in [3.8, 4) is 11.5 Å². The van der Waals surface area contributed by atoms with Crippen molar-refractivity contribution in [3.05, 3.63) is 89.2 Å². The highest BCUT2D eigenvalue weighted by molar-refractivity contribution is 5.96. The third kappa shape index (κ3) is 5.34. The second-order valence-corrected chi connectivity index (χ2v) is 8.08. The highest BCUT2D eigenvalue weighted by atomic mass is 16.5. The minimum atomic E-state index is -0.191. The summed E-state index contributed by atoms with van der Waals surface area (Å²) >= 11 is 0. The Hall–Kier alpha value is -3.80. The van der Waals surface area contributed by atoms with Crippen molar-refractivity contribution < 1.29 is 14.3 Å². The molecule has 4 aromatic rings. The lowest BCUT2D eigenvalue weighted by molar-refractivity contribution is 0.0946. The van der Waals surface area contributed by atoms with Crippen LogP contribution in [-0.2, 0) is 13.1 Å². The van der Waals surface area contributed by atoms with Crippen LogP contribution < -0.4 is 14.8 Å². The summed E-state index contributed by atoms with van der Waals surface area (Å²) in [6.45, 7) is 5.81. The van der Waals surface area contributed by atoms with Crippen molar-refractivity contribution in [2.24, 2.45) is 0 Å². The molecule has 33 heavy (non-hydrogen) atoms. The van der Waals surface area contributed by atoms with Crippen LogP contribution in [-0.4, -0.2) is 29.2 Å². The Morgan fingerprint density at radius 3 is 2.52 bits per heavy atom. The summed E-state index contributed by atoms with van der Waals surface area (Å²) in [4.78, 5) is 17.5. The van der Waals surface area contributed by atoms with E-state index >= 15 is 0 Å². The number of nitrogens with zero attached hydrogens (tertiary/aromatic N) is 2. The Balaban J connectivity index is 1.44. The molecule has 1 aromatic heterocycles. The molecule has 0 aliphatic heterocycles. The second kappa shape index (κ2) is 10.2. The minimum Gasteiger partial charge on any atom is -0.496 e. The fourth-order valence-electron chi connectivity index (χ4n) is 4.03. The molecule has 1 amide bonds. The molecule has 1 heterocycles. The van der Waals surface area contributed by atoms with Gasteiger partial charge in [0.05, 0.1) is 36.9 Å². The monoisotopic (exact) mass is 443 g/mol. The van der Waals surface area contributed by atoms with Gasteiger partial charge in [-0.15, -0.1) is 0 Å². The first-order chi connectivity index (χ1) is 16.0. The van der Waals surface area contributed by atoms with Crippen LogP contribution in [0.3, 0.4) is 0 Å². The van der Waals surface area contributed by atoms with Gasteiger partial charge in [-0.1, -0.05) is 30.3 Å². The predicted molar refractivity (Wildman–Crippen MR) is 130 cm³/mol. The molecule has 4 rings (SSSR count). The van der Waals surface area contributed by atoms with Gasteiger partial charge in [0.2, 0.25) is 0 Å². The number of hydrogen-bond acceptors (Lipinski definition) is 4. The molecule has 0 bridgehead atoms. The molecule has 0 aliphatic rings. The molecular weight excluding hydrogens is 414 g/mol. The summed E-state index contributed by atoms with van der Waals surface area (Å²) in [5.41, 5.74) is 4.85. The van der Waals surface area contributed by atoms with E-state index in [4.69, 9.17) is 14.5 Å². The SMILES string of the molecule is COc1ccccc1C(=O)NCc1nc2ccccc2n1CCCOc1cc(C)cc(C)c1. The summed E-state index contributed by atoms with van der Waals surface area (Å²) in [6.07, 6.45) is 0.820. The quantitative estimate of drug-likeness (QED) is 0.367. The maximum absolute atomic E-state index is 12.7. The average Bonchev–Trinajstić information content (AvgIpc) is 3.17. The largest absolute Gasteiger partial charge is 0.496 e. The standard InChI is InChI=1S/C27H29N3O3/c1-19-15-20(2)17-21(16-19)33-14-8-13-30-24-11-6-5-10-23(24)29-26(30)18-28-27(31)22-9-4-7-12-25(22)32-3/h4-7,9-12,15-17H,8,13-14,18H2,1-3H3,(H,28,31). The van der Waals surface area contributed by atoms with Gasteiger partial charge < -0.3 is 19.4 Å². The number of carbonyl (C=O) groups is 1. The van der Waals surface area contributed by atoms with E-state index in [1.807, 2.05) is 30.3 Å². The van der Waals surface area contributed by atoms with Gasteiger partial charge in [-0.2, -0.15) is 0 Å². The highest BCUT2D eigenvalue weighted by Crippen LogP contribution is 2.20. The number of methoxy groups -OCH3 is 1. The summed E-state index contributed by atoms with van der Waals surface area (Å²) in [7, 11) is 1.56. The van der Waals surface area contributed by atoms with Crippen molar-refractivity contribution in [1.82, 2.24) is 14.9 Å². The lowest BCUT2D eigenvalue weighted by atomic mass is 10.1. The lowest BCUT2D eigenvalue weighted by Gasteiger charge is -2.12. The average molecular weight is 444 g/mol. The van der Waals surface area contributed by atoms with Crippen LogP contribution in [0.25, 0.3) is 11.0 Å². The van der Waals surface area contributed by atoms with Crippen molar-refractivity contribution in [1.29, 1.82) is 0 Å². The van der Waals surface area contributed by atoms with E-state index in [1.54, 1.807) is 19.2 Å². The Morgan fingerprint density at radius 2 is 1.73 bits per heavy atom. The van der Waals surface area contributed by atoms with Crippen molar-refractivity contribution in [2.75, 3.05) is 13.7 Å². The highest BCUT2D eigenvalue weighted by Gasteiger charge is 2.14. The first kappa shape index (κ1) is 22.4. The van der Waals surface area contributed by atoms with E-state index in [9.17, 15) is 4.79 Å². The van der Waals surface area contributed by atoms with Gasteiger partial charge in [-0.25, -0.2) is 4.98 Å². The molecule has 0 saturated carbocycles. The topological polar surface area (TPSA) is 65.4 Å². The molecule has 0 spiro atoms. The number of amides is 1. The summed E-state index contributed by atoms with van der Waals surface area (Å²) in [5, 5.41) is 2.99. The fourth-order valence-corrected chi connectivity index (χ4v) is 4.03. The second-order valence-electron chi connectivity index (χ2n) is 8.08. The summed E-state index contributed by atoms with van der Waals surface area (Å²) < 4.78 is 13.4. The summed E-state index contributed by atoms with van der Waals surface area (Å²) in [5.74, 6) is 2.06. The fraction of sp³-hybridized carbons (Fsp3) is 0.259. The van der Waals surface area contributed by atoms with Crippen LogP contribution in [0.4, 0.5) is 0 Å². The third-order valence-electron chi connectivity index (χ3n) is 5.48. The summed E-state index contributed by atoms with van der Waals surface area (Å²) in [6, 6.07) is 21.5. The van der Waals surface area contributed by atoms with Crippen LogP contribution in [0.5, 0.6) is 11.5 Å². The number of hydrogen-bond donors (Lipinski definition) is 1. The zero-order valence-electron chi connectivity index (χ0n) is 19.3. The number of imidazole rings is 1. The number of ether oxygens (including phenoxy) is 2. The molecule has 6 nitrogen and oxygen atoms in total.